The van der Waals surface area contributed by atoms with E-state index in [0.717, 1.165) is 0 Å². The number of ether oxygens (including phenoxy) is 2. The van der Waals surface area contributed by atoms with E-state index in [1.54, 1.807) is 25.3 Å². The Hall–Kier alpha value is -1.26. The lowest BCUT2D eigenvalue weighted by Crippen LogP contribution is -3.00. The predicted molar refractivity (Wildman–Crippen MR) is 51.6 cm³/mol. The van der Waals surface area contributed by atoms with E-state index in [0.29, 0.717) is 17.1 Å². The van der Waals surface area contributed by atoms with Gasteiger partial charge in [0.25, 0.3) is 0 Å². The van der Waals surface area contributed by atoms with E-state index in [1.807, 2.05) is 0 Å². The number of rotatable bonds is 4. The minimum absolute atomic E-state index is 0. The van der Waals surface area contributed by atoms with Gasteiger partial charge < -0.3 is 27.6 Å². The van der Waals surface area contributed by atoms with Crippen LogP contribution >= 0.6 is 0 Å². The van der Waals surface area contributed by atoms with Crippen molar-refractivity contribution >= 4 is 5.78 Å². The third-order valence-corrected chi connectivity index (χ3v) is 1.93. The van der Waals surface area contributed by atoms with E-state index in [-0.39, 0.29) is 24.7 Å². The summed E-state index contributed by atoms with van der Waals surface area (Å²) in [6.07, 6.45) is 0. The fourth-order valence-electron chi connectivity index (χ4n) is 1.15. The molecule has 1 aromatic rings. The standard InChI is InChI=1S/C10H13NO3.ClH/c1-13-9-4-3-7(8(12)6-11)5-10(9)14-2;/h3-5H,6,11H2,1-2H3;1H. The monoisotopic (exact) mass is 231 g/mol. The van der Waals surface area contributed by atoms with E-state index in [2.05, 4.69) is 5.73 Å². The van der Waals surface area contributed by atoms with Crippen LogP contribution in [0.15, 0.2) is 18.2 Å². The molecule has 0 unspecified atom stereocenters. The summed E-state index contributed by atoms with van der Waals surface area (Å²) in [4.78, 5) is 11.3. The van der Waals surface area contributed by atoms with Gasteiger partial charge in [-0.1, -0.05) is 0 Å². The topological polar surface area (TPSA) is 63.2 Å². The van der Waals surface area contributed by atoms with Gasteiger partial charge >= 0.3 is 0 Å². The third-order valence-electron chi connectivity index (χ3n) is 1.93. The largest absolute Gasteiger partial charge is 1.00 e. The maximum absolute atomic E-state index is 11.3. The highest BCUT2D eigenvalue weighted by atomic mass is 35.5. The molecular weight excluding hydrogens is 218 g/mol. The van der Waals surface area contributed by atoms with Gasteiger partial charge in [-0.3, -0.25) is 4.79 Å². The molecule has 0 fully saturated rings. The minimum atomic E-state index is -0.00838. The highest BCUT2D eigenvalue weighted by Crippen LogP contribution is 2.27. The molecule has 0 aromatic heterocycles. The van der Waals surface area contributed by atoms with Crippen LogP contribution < -0.4 is 27.6 Å². The van der Waals surface area contributed by atoms with Crippen LogP contribution in [0, 0.1) is 0 Å². The first-order valence-electron chi connectivity index (χ1n) is 4.27. The minimum Gasteiger partial charge on any atom is -1.00 e. The molecule has 4 nitrogen and oxygen atoms in total. The zero-order chi connectivity index (χ0) is 10.6. The Morgan fingerprint density at radius 2 is 1.87 bits per heavy atom. The van der Waals surface area contributed by atoms with Crippen LogP contribution in [0.25, 0.3) is 0 Å². The molecule has 0 aliphatic carbocycles. The number of Topliss-reactive ketones (excluding diaryl/α,β-unsaturated/α-hetero) is 1. The number of quaternary nitrogens is 1. The molecule has 0 saturated carbocycles. The first kappa shape index (κ1) is 13.7. The van der Waals surface area contributed by atoms with Crippen LogP contribution in [0.2, 0.25) is 0 Å². The van der Waals surface area contributed by atoms with E-state index in [1.165, 1.54) is 7.11 Å². The van der Waals surface area contributed by atoms with Gasteiger partial charge in [-0.2, -0.15) is 0 Å². The molecule has 0 radical (unpaired) electrons. The lowest BCUT2D eigenvalue weighted by atomic mass is 10.1. The lowest BCUT2D eigenvalue weighted by Gasteiger charge is -2.07. The molecular formula is C10H14ClNO3. The molecule has 0 aliphatic rings. The normalized spacial score (nSPS) is 9.00. The smallest absolute Gasteiger partial charge is 0.216 e. The van der Waals surface area contributed by atoms with Crippen molar-refractivity contribution in [1.29, 1.82) is 0 Å². The molecule has 0 amide bonds. The molecule has 0 bridgehead atoms. The van der Waals surface area contributed by atoms with Gasteiger partial charge in [0.2, 0.25) is 5.78 Å². The fraction of sp³-hybridized carbons (Fsp3) is 0.300. The molecule has 1 rings (SSSR count). The first-order chi connectivity index (χ1) is 6.72. The average molecular weight is 232 g/mol. The maximum Gasteiger partial charge on any atom is 0.216 e. The number of hydrogen-bond donors (Lipinski definition) is 1. The van der Waals surface area contributed by atoms with Gasteiger partial charge in [0.05, 0.1) is 14.2 Å². The summed E-state index contributed by atoms with van der Waals surface area (Å²) < 4.78 is 10.1. The molecule has 5 heteroatoms. The molecule has 0 aliphatic heterocycles. The molecule has 84 valence electrons. The van der Waals surface area contributed by atoms with Gasteiger partial charge in [-0.15, -0.1) is 0 Å². The van der Waals surface area contributed by atoms with Gasteiger partial charge in [-0.05, 0) is 18.2 Å². The molecule has 0 saturated heterocycles. The van der Waals surface area contributed by atoms with E-state index in [4.69, 9.17) is 9.47 Å². The van der Waals surface area contributed by atoms with Crippen LogP contribution in [-0.2, 0) is 0 Å². The zero-order valence-electron chi connectivity index (χ0n) is 8.75. The van der Waals surface area contributed by atoms with Crippen LogP contribution in [-0.4, -0.2) is 26.5 Å². The Morgan fingerprint density at radius 3 is 2.33 bits per heavy atom. The van der Waals surface area contributed by atoms with E-state index >= 15 is 0 Å². The van der Waals surface area contributed by atoms with Crippen molar-refractivity contribution in [1.82, 2.24) is 0 Å². The number of halogens is 1. The number of benzene rings is 1. The van der Waals surface area contributed by atoms with Crippen LogP contribution in [0.3, 0.4) is 0 Å². The molecule has 0 spiro atoms. The van der Waals surface area contributed by atoms with Crippen molar-refractivity contribution < 1.29 is 32.4 Å². The highest BCUT2D eigenvalue weighted by Gasteiger charge is 2.09. The third kappa shape index (κ3) is 3.11. The number of methoxy groups -OCH3 is 2. The summed E-state index contributed by atoms with van der Waals surface area (Å²) in [6.45, 7) is 0.246. The molecule has 3 N–H and O–H groups in total. The Morgan fingerprint density at radius 1 is 1.27 bits per heavy atom. The Kier molecular flexibility index (Phi) is 5.74. The highest BCUT2D eigenvalue weighted by molar-refractivity contribution is 5.97. The average Bonchev–Trinajstić information content (AvgIpc) is 2.26. The van der Waals surface area contributed by atoms with Crippen LogP contribution in [0.1, 0.15) is 10.4 Å². The number of hydrogen-bond acceptors (Lipinski definition) is 3. The molecule has 15 heavy (non-hydrogen) atoms. The lowest BCUT2D eigenvalue weighted by molar-refractivity contribution is -0.349. The summed E-state index contributed by atoms with van der Waals surface area (Å²) in [6, 6.07) is 5.07. The Balaban J connectivity index is 0.00000196. The SMILES string of the molecule is COc1ccc(C(=O)C[NH3+])cc1OC.[Cl-]. The zero-order valence-corrected chi connectivity index (χ0v) is 9.50. The van der Waals surface area contributed by atoms with E-state index < -0.39 is 0 Å². The predicted octanol–water partition coefficient (Wildman–Crippen LogP) is -2.87. The van der Waals surface area contributed by atoms with Crippen molar-refractivity contribution in [2.75, 3.05) is 20.8 Å². The molecule has 0 heterocycles. The number of ketones is 1. The number of carbonyl (C=O) groups is 1. The van der Waals surface area contributed by atoms with Gasteiger partial charge in [0.15, 0.2) is 11.5 Å². The number of carbonyl (C=O) groups excluding carboxylic acids is 1. The second-order valence-electron chi connectivity index (χ2n) is 2.74. The molecule has 0 atom stereocenters. The maximum atomic E-state index is 11.3. The summed E-state index contributed by atoms with van der Waals surface area (Å²) in [5.74, 6) is 1.17. The van der Waals surface area contributed by atoms with Crippen LogP contribution in [0.4, 0.5) is 0 Å². The van der Waals surface area contributed by atoms with Gasteiger partial charge in [0.1, 0.15) is 6.54 Å². The van der Waals surface area contributed by atoms with Crippen molar-refractivity contribution in [3.63, 3.8) is 0 Å². The van der Waals surface area contributed by atoms with Gasteiger partial charge in [-0.25, -0.2) is 0 Å². The van der Waals surface area contributed by atoms with Crippen molar-refractivity contribution in [3.8, 4) is 11.5 Å². The van der Waals surface area contributed by atoms with Crippen molar-refractivity contribution in [2.45, 2.75) is 0 Å². The summed E-state index contributed by atoms with van der Waals surface area (Å²) in [5, 5.41) is 0. The van der Waals surface area contributed by atoms with Crippen molar-refractivity contribution in [2.24, 2.45) is 0 Å². The Labute approximate surface area is 94.8 Å². The fourth-order valence-corrected chi connectivity index (χ4v) is 1.15. The second-order valence-corrected chi connectivity index (χ2v) is 2.74. The summed E-state index contributed by atoms with van der Waals surface area (Å²) in [5.41, 5.74) is 4.13. The second kappa shape index (κ2) is 6.27. The molecule has 1 aromatic carbocycles. The summed E-state index contributed by atoms with van der Waals surface area (Å²) >= 11 is 0. The van der Waals surface area contributed by atoms with E-state index in [9.17, 15) is 4.79 Å². The summed E-state index contributed by atoms with van der Waals surface area (Å²) in [7, 11) is 3.09. The van der Waals surface area contributed by atoms with Crippen LogP contribution in [0.5, 0.6) is 11.5 Å². The van der Waals surface area contributed by atoms with Gasteiger partial charge in [0, 0.05) is 5.56 Å². The quantitative estimate of drug-likeness (QED) is 0.567. The van der Waals surface area contributed by atoms with Crippen molar-refractivity contribution in [3.05, 3.63) is 23.8 Å². The Bertz CT molecular complexity index is 341. The first-order valence-corrected chi connectivity index (χ1v) is 4.27.